The van der Waals surface area contributed by atoms with Crippen LogP contribution in [0.3, 0.4) is 0 Å². The monoisotopic (exact) mass is 255 g/mol. The Balaban J connectivity index is 2.46. The largest absolute Gasteiger partial charge is 0.394 e. The van der Waals surface area contributed by atoms with Gasteiger partial charge in [-0.2, -0.15) is 0 Å². The Kier molecular flexibility index (Phi) is 5.69. The van der Waals surface area contributed by atoms with E-state index in [0.29, 0.717) is 0 Å². The maximum absolute atomic E-state index is 9.68. The minimum atomic E-state index is -1.40. The minimum Gasteiger partial charge on any atom is -0.394 e. The molecule has 7 heteroatoms. The van der Waals surface area contributed by atoms with Gasteiger partial charge < -0.3 is 26.2 Å². The van der Waals surface area contributed by atoms with Crippen LogP contribution in [0.4, 0.5) is 0 Å². The standard InChI is InChI=1S/C8H17NO4S2/c9-5(8-14-1-2-15-8)7(13)6(12)4(11)3-10/h4-8,10-13H,1-3,9H2/t4-,5-,6-,7+/m1/s1. The van der Waals surface area contributed by atoms with Gasteiger partial charge in [-0.25, -0.2) is 0 Å². The molecule has 0 aliphatic carbocycles. The molecule has 1 aliphatic rings. The lowest BCUT2D eigenvalue weighted by Gasteiger charge is -2.29. The zero-order chi connectivity index (χ0) is 11.4. The first kappa shape index (κ1) is 13.6. The lowest BCUT2D eigenvalue weighted by Crippen LogP contribution is -2.52. The van der Waals surface area contributed by atoms with Gasteiger partial charge in [-0.05, 0) is 0 Å². The fraction of sp³-hybridized carbons (Fsp3) is 1.00. The van der Waals surface area contributed by atoms with Crippen molar-refractivity contribution in [2.45, 2.75) is 28.9 Å². The molecular formula is C8H17NO4S2. The number of thioether (sulfide) groups is 2. The fourth-order valence-electron chi connectivity index (χ4n) is 1.32. The molecule has 5 nitrogen and oxygen atoms in total. The van der Waals surface area contributed by atoms with Gasteiger partial charge in [-0.3, -0.25) is 0 Å². The van der Waals surface area contributed by atoms with Gasteiger partial charge in [0.1, 0.15) is 12.2 Å². The summed E-state index contributed by atoms with van der Waals surface area (Å²) >= 11 is 3.28. The van der Waals surface area contributed by atoms with E-state index in [-0.39, 0.29) is 4.58 Å². The number of aliphatic hydroxyl groups excluding tert-OH is 4. The predicted octanol–water partition coefficient (Wildman–Crippen LogP) is -1.81. The summed E-state index contributed by atoms with van der Waals surface area (Å²) < 4.78 is 0.0422. The molecule has 1 fully saturated rings. The van der Waals surface area contributed by atoms with E-state index in [9.17, 15) is 10.2 Å². The Morgan fingerprint density at radius 1 is 1.13 bits per heavy atom. The third-order valence-corrected chi connectivity index (χ3v) is 5.53. The maximum atomic E-state index is 9.68. The Bertz CT molecular complexity index is 191. The summed E-state index contributed by atoms with van der Waals surface area (Å²) in [6.45, 7) is -0.587. The highest BCUT2D eigenvalue weighted by Crippen LogP contribution is 2.35. The van der Waals surface area contributed by atoms with E-state index in [4.69, 9.17) is 15.9 Å². The lowest BCUT2D eigenvalue weighted by molar-refractivity contribution is -0.0817. The van der Waals surface area contributed by atoms with Crippen LogP contribution in [0.15, 0.2) is 0 Å². The molecule has 0 aromatic carbocycles. The summed E-state index contributed by atoms with van der Waals surface area (Å²) in [6.07, 6.45) is -3.95. The molecule has 0 unspecified atom stereocenters. The van der Waals surface area contributed by atoms with Gasteiger partial charge in [-0.15, -0.1) is 23.5 Å². The summed E-state index contributed by atoms with van der Waals surface area (Å²) in [5.74, 6) is 1.96. The summed E-state index contributed by atoms with van der Waals surface area (Å²) in [7, 11) is 0. The molecule has 1 saturated heterocycles. The van der Waals surface area contributed by atoms with Crippen molar-refractivity contribution >= 4 is 23.5 Å². The van der Waals surface area contributed by atoms with Crippen LogP contribution < -0.4 is 5.73 Å². The topological polar surface area (TPSA) is 107 Å². The number of rotatable bonds is 5. The van der Waals surface area contributed by atoms with Crippen LogP contribution in [0, 0.1) is 0 Å². The zero-order valence-corrected chi connectivity index (χ0v) is 9.82. The van der Waals surface area contributed by atoms with E-state index >= 15 is 0 Å². The Morgan fingerprint density at radius 2 is 1.67 bits per heavy atom. The first-order valence-electron chi connectivity index (χ1n) is 4.71. The van der Waals surface area contributed by atoms with E-state index in [1.807, 2.05) is 0 Å². The molecule has 0 spiro atoms. The first-order chi connectivity index (χ1) is 7.07. The van der Waals surface area contributed by atoms with Gasteiger partial charge in [0, 0.05) is 11.5 Å². The molecule has 90 valence electrons. The summed E-state index contributed by atoms with van der Waals surface area (Å²) in [4.78, 5) is 0. The second kappa shape index (κ2) is 6.29. The van der Waals surface area contributed by atoms with Gasteiger partial charge in [0.15, 0.2) is 0 Å². The van der Waals surface area contributed by atoms with Crippen LogP contribution >= 0.6 is 23.5 Å². The molecular weight excluding hydrogens is 238 g/mol. The third-order valence-electron chi connectivity index (χ3n) is 2.29. The number of nitrogens with two attached hydrogens (primary N) is 1. The van der Waals surface area contributed by atoms with Crippen molar-refractivity contribution in [2.24, 2.45) is 5.73 Å². The van der Waals surface area contributed by atoms with Gasteiger partial charge in [0.05, 0.1) is 23.3 Å². The van der Waals surface area contributed by atoms with Crippen molar-refractivity contribution in [3.05, 3.63) is 0 Å². The average Bonchev–Trinajstić information content (AvgIpc) is 2.78. The number of aliphatic hydroxyl groups is 4. The van der Waals surface area contributed by atoms with E-state index in [0.717, 1.165) is 11.5 Å². The van der Waals surface area contributed by atoms with E-state index < -0.39 is 31.0 Å². The molecule has 1 heterocycles. The first-order valence-corrected chi connectivity index (χ1v) is 6.81. The van der Waals surface area contributed by atoms with Gasteiger partial charge in [-0.1, -0.05) is 0 Å². The Morgan fingerprint density at radius 3 is 2.13 bits per heavy atom. The number of hydrogen-bond acceptors (Lipinski definition) is 7. The highest BCUT2D eigenvalue weighted by atomic mass is 32.2. The van der Waals surface area contributed by atoms with Crippen LogP contribution in [0.1, 0.15) is 0 Å². The van der Waals surface area contributed by atoms with Crippen LogP contribution in [0.2, 0.25) is 0 Å². The highest BCUT2D eigenvalue weighted by molar-refractivity contribution is 8.20. The van der Waals surface area contributed by atoms with E-state index in [2.05, 4.69) is 0 Å². The molecule has 15 heavy (non-hydrogen) atoms. The van der Waals surface area contributed by atoms with Crippen LogP contribution in [0.5, 0.6) is 0 Å². The molecule has 0 aromatic rings. The minimum absolute atomic E-state index is 0.0422. The Labute approximate surface area is 97.1 Å². The average molecular weight is 255 g/mol. The van der Waals surface area contributed by atoms with Crippen LogP contribution in [-0.2, 0) is 0 Å². The van der Waals surface area contributed by atoms with Crippen LogP contribution in [-0.4, -0.2) is 67.5 Å². The molecule has 1 aliphatic heterocycles. The van der Waals surface area contributed by atoms with E-state index in [1.54, 1.807) is 23.5 Å². The molecule has 0 radical (unpaired) electrons. The molecule has 1 rings (SSSR count). The van der Waals surface area contributed by atoms with Crippen molar-refractivity contribution in [1.82, 2.24) is 0 Å². The van der Waals surface area contributed by atoms with Crippen molar-refractivity contribution < 1.29 is 20.4 Å². The molecule has 0 bridgehead atoms. The molecule has 6 N–H and O–H groups in total. The van der Waals surface area contributed by atoms with Gasteiger partial charge in [0.25, 0.3) is 0 Å². The van der Waals surface area contributed by atoms with Crippen LogP contribution in [0.25, 0.3) is 0 Å². The molecule has 0 aromatic heterocycles. The summed E-state index contributed by atoms with van der Waals surface area (Å²) in [5, 5.41) is 36.9. The van der Waals surface area contributed by atoms with Crippen molar-refractivity contribution in [1.29, 1.82) is 0 Å². The predicted molar refractivity (Wildman–Crippen MR) is 61.8 cm³/mol. The highest BCUT2D eigenvalue weighted by Gasteiger charge is 2.35. The normalized spacial score (nSPS) is 26.2. The molecule has 4 atom stereocenters. The SMILES string of the molecule is N[C@@H](C1SCCS1)[C@H](O)[C@H](O)[C@H](O)CO. The quantitative estimate of drug-likeness (QED) is 0.394. The number of hydrogen-bond donors (Lipinski definition) is 5. The molecule has 0 amide bonds. The summed E-state index contributed by atoms with van der Waals surface area (Å²) in [5.41, 5.74) is 5.77. The lowest BCUT2D eigenvalue weighted by atomic mass is 10.0. The fourth-order valence-corrected chi connectivity index (χ4v) is 4.29. The van der Waals surface area contributed by atoms with Crippen molar-refractivity contribution in [3.63, 3.8) is 0 Å². The third kappa shape index (κ3) is 3.48. The maximum Gasteiger partial charge on any atom is 0.110 e. The van der Waals surface area contributed by atoms with E-state index in [1.165, 1.54) is 0 Å². The van der Waals surface area contributed by atoms with Gasteiger partial charge >= 0.3 is 0 Å². The zero-order valence-electron chi connectivity index (χ0n) is 8.19. The second-order valence-electron chi connectivity index (χ2n) is 3.42. The smallest absolute Gasteiger partial charge is 0.110 e. The van der Waals surface area contributed by atoms with Crippen molar-refractivity contribution in [2.75, 3.05) is 18.1 Å². The second-order valence-corrected chi connectivity index (χ2v) is 6.22. The van der Waals surface area contributed by atoms with Crippen molar-refractivity contribution in [3.8, 4) is 0 Å². The molecule has 0 saturated carbocycles. The Hall–Kier alpha value is 0.500. The summed E-state index contributed by atoms with van der Waals surface area (Å²) in [6, 6.07) is -0.598. The van der Waals surface area contributed by atoms with Gasteiger partial charge in [0.2, 0.25) is 0 Å².